The highest BCUT2D eigenvalue weighted by Gasteiger charge is 2.25. The molecule has 0 fully saturated rings. The van der Waals surface area contributed by atoms with Gasteiger partial charge in [0, 0.05) is 11.6 Å². The van der Waals surface area contributed by atoms with E-state index in [4.69, 9.17) is 18.6 Å². The van der Waals surface area contributed by atoms with E-state index in [1.807, 2.05) is 32.1 Å². The van der Waals surface area contributed by atoms with Crippen LogP contribution in [-0.2, 0) is 0 Å². The number of rotatable bonds is 3. The molecule has 0 spiro atoms. The molecule has 0 amide bonds. The van der Waals surface area contributed by atoms with Gasteiger partial charge >= 0.3 is 0 Å². The first-order valence-corrected chi connectivity index (χ1v) is 8.63. The van der Waals surface area contributed by atoms with E-state index < -0.39 is 5.60 Å². The first-order chi connectivity index (χ1) is 12.9. The van der Waals surface area contributed by atoms with E-state index in [2.05, 4.69) is 0 Å². The summed E-state index contributed by atoms with van der Waals surface area (Å²) in [6, 6.07) is 8.88. The van der Waals surface area contributed by atoms with Crippen molar-refractivity contribution in [3.63, 3.8) is 0 Å². The van der Waals surface area contributed by atoms with Gasteiger partial charge in [-0.1, -0.05) is 0 Å². The Kier molecular flexibility index (Phi) is 3.95. The Bertz CT molecular complexity index is 1120. The minimum absolute atomic E-state index is 0.124. The van der Waals surface area contributed by atoms with Crippen molar-refractivity contribution >= 4 is 17.0 Å². The zero-order chi connectivity index (χ0) is 19.2. The lowest BCUT2D eigenvalue weighted by molar-refractivity contribution is 0.159. The Morgan fingerprint density at radius 1 is 1.00 bits per heavy atom. The Balaban J connectivity index is 1.91. The molecule has 0 radical (unpaired) electrons. The molecule has 0 saturated carbocycles. The van der Waals surface area contributed by atoms with Crippen molar-refractivity contribution in [3.8, 4) is 28.4 Å². The fourth-order valence-electron chi connectivity index (χ4n) is 3.26. The Morgan fingerprint density at radius 3 is 2.56 bits per heavy atom. The largest absolute Gasteiger partial charge is 0.497 e. The first kappa shape index (κ1) is 17.2. The molecular formula is C22H20O5. The molecule has 0 bridgehead atoms. The van der Waals surface area contributed by atoms with Crippen molar-refractivity contribution in [2.24, 2.45) is 0 Å². The Labute approximate surface area is 156 Å². The number of ether oxygens (including phenoxy) is 3. The first-order valence-electron chi connectivity index (χ1n) is 8.63. The maximum absolute atomic E-state index is 13.2. The lowest BCUT2D eigenvalue weighted by Crippen LogP contribution is -2.27. The number of methoxy groups -OCH3 is 2. The van der Waals surface area contributed by atoms with Gasteiger partial charge in [-0.3, -0.25) is 4.79 Å². The van der Waals surface area contributed by atoms with Crippen LogP contribution in [0.15, 0.2) is 51.9 Å². The molecule has 5 nitrogen and oxygen atoms in total. The third kappa shape index (κ3) is 2.85. The summed E-state index contributed by atoms with van der Waals surface area (Å²) in [6.45, 7) is 3.96. The predicted molar refractivity (Wildman–Crippen MR) is 105 cm³/mol. The molecule has 2 heterocycles. The summed E-state index contributed by atoms with van der Waals surface area (Å²) in [5.41, 5.74) is 1.86. The normalized spacial score (nSPS) is 14.5. The van der Waals surface area contributed by atoms with Gasteiger partial charge in [-0.15, -0.1) is 0 Å². The lowest BCUT2D eigenvalue weighted by Gasteiger charge is -2.27. The molecule has 5 heteroatoms. The van der Waals surface area contributed by atoms with E-state index in [9.17, 15) is 4.79 Å². The zero-order valence-corrected chi connectivity index (χ0v) is 15.7. The van der Waals surface area contributed by atoms with Gasteiger partial charge in [-0.2, -0.15) is 0 Å². The zero-order valence-electron chi connectivity index (χ0n) is 15.7. The van der Waals surface area contributed by atoms with Crippen LogP contribution in [0.4, 0.5) is 0 Å². The maximum Gasteiger partial charge on any atom is 0.200 e. The molecule has 27 heavy (non-hydrogen) atoms. The summed E-state index contributed by atoms with van der Waals surface area (Å²) in [5, 5.41) is 0.497. The SMILES string of the molecule is COc1ccc(-c2coc3c4c(ccc3c2=O)OC(C)(C)C=C4)c(OC)c1. The van der Waals surface area contributed by atoms with E-state index in [1.165, 1.54) is 6.26 Å². The topological polar surface area (TPSA) is 57.9 Å². The summed E-state index contributed by atoms with van der Waals surface area (Å²) in [4.78, 5) is 13.2. The third-order valence-corrected chi connectivity index (χ3v) is 4.66. The second-order valence-electron chi connectivity index (χ2n) is 6.94. The van der Waals surface area contributed by atoms with Crippen LogP contribution in [0.2, 0.25) is 0 Å². The fraction of sp³-hybridized carbons (Fsp3) is 0.227. The summed E-state index contributed by atoms with van der Waals surface area (Å²) in [7, 11) is 3.14. The van der Waals surface area contributed by atoms with Crippen LogP contribution < -0.4 is 19.6 Å². The van der Waals surface area contributed by atoms with Gasteiger partial charge in [0.15, 0.2) is 0 Å². The minimum atomic E-state index is -0.391. The molecule has 138 valence electrons. The molecule has 2 aromatic carbocycles. The van der Waals surface area contributed by atoms with Crippen LogP contribution in [0, 0.1) is 0 Å². The van der Waals surface area contributed by atoms with Crippen molar-refractivity contribution in [3.05, 3.63) is 58.5 Å². The monoisotopic (exact) mass is 364 g/mol. The highest BCUT2D eigenvalue weighted by atomic mass is 16.5. The average molecular weight is 364 g/mol. The summed E-state index contributed by atoms with van der Waals surface area (Å²) >= 11 is 0. The van der Waals surface area contributed by atoms with Gasteiger partial charge in [-0.25, -0.2) is 0 Å². The average Bonchev–Trinajstić information content (AvgIpc) is 2.66. The van der Waals surface area contributed by atoms with Crippen molar-refractivity contribution < 1.29 is 18.6 Å². The molecule has 0 aliphatic carbocycles. The summed E-state index contributed by atoms with van der Waals surface area (Å²) in [5.74, 6) is 1.90. The molecule has 0 unspecified atom stereocenters. The molecule has 0 saturated heterocycles. The Hall–Kier alpha value is -3.21. The van der Waals surface area contributed by atoms with Crippen molar-refractivity contribution in [1.29, 1.82) is 0 Å². The molecule has 1 aromatic heterocycles. The van der Waals surface area contributed by atoms with Crippen LogP contribution in [0.5, 0.6) is 17.2 Å². The third-order valence-electron chi connectivity index (χ3n) is 4.66. The maximum atomic E-state index is 13.2. The highest BCUT2D eigenvalue weighted by molar-refractivity contribution is 5.91. The van der Waals surface area contributed by atoms with Crippen LogP contribution in [0.25, 0.3) is 28.2 Å². The second-order valence-corrected chi connectivity index (χ2v) is 6.94. The van der Waals surface area contributed by atoms with Gasteiger partial charge < -0.3 is 18.6 Å². The number of hydrogen-bond acceptors (Lipinski definition) is 5. The van der Waals surface area contributed by atoms with Crippen LogP contribution in [0.3, 0.4) is 0 Å². The highest BCUT2D eigenvalue weighted by Crippen LogP contribution is 2.37. The molecule has 3 aromatic rings. The Morgan fingerprint density at radius 2 is 1.81 bits per heavy atom. The van der Waals surface area contributed by atoms with Crippen LogP contribution in [-0.4, -0.2) is 19.8 Å². The van der Waals surface area contributed by atoms with E-state index in [1.54, 1.807) is 38.5 Å². The van der Waals surface area contributed by atoms with Crippen molar-refractivity contribution in [1.82, 2.24) is 0 Å². The van der Waals surface area contributed by atoms with Gasteiger partial charge in [0.05, 0.1) is 30.7 Å². The van der Waals surface area contributed by atoms with Crippen LogP contribution >= 0.6 is 0 Å². The molecule has 1 aliphatic heterocycles. The molecule has 1 aliphatic rings. The fourth-order valence-corrected chi connectivity index (χ4v) is 3.26. The summed E-state index contributed by atoms with van der Waals surface area (Å²) in [6.07, 6.45) is 5.37. The number of hydrogen-bond donors (Lipinski definition) is 0. The summed E-state index contributed by atoms with van der Waals surface area (Å²) < 4.78 is 22.5. The van der Waals surface area contributed by atoms with Gasteiger partial charge in [0.25, 0.3) is 0 Å². The van der Waals surface area contributed by atoms with E-state index in [0.29, 0.717) is 39.3 Å². The predicted octanol–water partition coefficient (Wildman–Crippen LogP) is 4.66. The molecule has 0 N–H and O–H groups in total. The van der Waals surface area contributed by atoms with Gasteiger partial charge in [0.2, 0.25) is 5.43 Å². The quantitative estimate of drug-likeness (QED) is 0.676. The lowest BCUT2D eigenvalue weighted by atomic mass is 9.99. The minimum Gasteiger partial charge on any atom is -0.497 e. The van der Waals surface area contributed by atoms with Gasteiger partial charge in [-0.05, 0) is 50.3 Å². The van der Waals surface area contributed by atoms with Crippen molar-refractivity contribution in [2.75, 3.05) is 14.2 Å². The van der Waals surface area contributed by atoms with Crippen molar-refractivity contribution in [2.45, 2.75) is 19.4 Å². The smallest absolute Gasteiger partial charge is 0.200 e. The van der Waals surface area contributed by atoms with E-state index in [-0.39, 0.29) is 5.43 Å². The van der Waals surface area contributed by atoms with Crippen LogP contribution in [0.1, 0.15) is 19.4 Å². The standard InChI is InChI=1S/C22H20O5/c1-22(2)10-9-15-18(27-22)8-7-16-20(23)17(12-26-21(15)16)14-6-5-13(24-3)11-19(14)25-4/h5-12H,1-4H3. The second kappa shape index (κ2) is 6.20. The molecule has 4 rings (SSSR count). The number of benzene rings is 2. The number of fused-ring (bicyclic) bond motifs is 3. The van der Waals surface area contributed by atoms with E-state index in [0.717, 1.165) is 5.56 Å². The molecule has 0 atom stereocenters. The molecular weight excluding hydrogens is 344 g/mol. The van der Waals surface area contributed by atoms with Gasteiger partial charge in [0.1, 0.15) is 34.7 Å². The van der Waals surface area contributed by atoms with E-state index >= 15 is 0 Å².